The van der Waals surface area contributed by atoms with Crippen molar-refractivity contribution in [1.29, 1.82) is 0 Å². The van der Waals surface area contributed by atoms with Crippen LogP contribution in [0.2, 0.25) is 5.02 Å². The number of carbonyl (C=O) groups excluding carboxylic acids is 1. The molecule has 15 heavy (non-hydrogen) atoms. The summed E-state index contributed by atoms with van der Waals surface area (Å²) in [5.74, 6) is 0.470. The molecule has 0 aliphatic carbocycles. The Morgan fingerprint density at radius 2 is 2.13 bits per heavy atom. The van der Waals surface area contributed by atoms with E-state index in [1.165, 1.54) is 14.2 Å². The van der Waals surface area contributed by atoms with Gasteiger partial charge < -0.3 is 9.47 Å². The molecule has 0 saturated heterocycles. The van der Waals surface area contributed by atoms with E-state index in [1.54, 1.807) is 18.2 Å². The molecular formula is C9H9ClN2O3. The van der Waals surface area contributed by atoms with Crippen LogP contribution in [0.5, 0.6) is 5.75 Å². The molecular weight excluding hydrogens is 220 g/mol. The number of ether oxygens (including phenoxy) is 2. The van der Waals surface area contributed by atoms with Crippen molar-refractivity contribution >= 4 is 23.4 Å². The van der Waals surface area contributed by atoms with E-state index in [-0.39, 0.29) is 0 Å². The van der Waals surface area contributed by atoms with E-state index >= 15 is 0 Å². The summed E-state index contributed by atoms with van der Waals surface area (Å²) in [6.45, 7) is 0. The zero-order chi connectivity index (χ0) is 11.3. The Morgan fingerprint density at radius 3 is 2.73 bits per heavy atom. The van der Waals surface area contributed by atoms with E-state index in [4.69, 9.17) is 16.3 Å². The van der Waals surface area contributed by atoms with Crippen molar-refractivity contribution in [3.63, 3.8) is 0 Å². The minimum atomic E-state index is -0.783. The van der Waals surface area contributed by atoms with Crippen molar-refractivity contribution in [3.05, 3.63) is 23.2 Å². The highest BCUT2D eigenvalue weighted by Crippen LogP contribution is 2.33. The maximum atomic E-state index is 10.7. The standard InChI is InChI=1S/C9H9ClN2O3/c1-14-7-5-3-4-6(8(7)10)11-12-9(13)15-2/h3-5H,1-2H3. The number of amides is 1. The van der Waals surface area contributed by atoms with Crippen LogP contribution in [-0.2, 0) is 4.74 Å². The first-order chi connectivity index (χ1) is 7.19. The lowest BCUT2D eigenvalue weighted by atomic mass is 10.3. The molecule has 1 rings (SSSR count). The molecule has 0 bridgehead atoms. The second-order valence-corrected chi connectivity index (χ2v) is 2.84. The fourth-order valence-electron chi connectivity index (χ4n) is 0.870. The number of carbonyl (C=O) groups is 1. The highest BCUT2D eigenvalue weighted by molar-refractivity contribution is 6.34. The number of rotatable bonds is 2. The molecule has 1 amide bonds. The monoisotopic (exact) mass is 228 g/mol. The minimum absolute atomic E-state index is 0.299. The van der Waals surface area contributed by atoms with Crippen LogP contribution < -0.4 is 4.74 Å². The van der Waals surface area contributed by atoms with E-state index < -0.39 is 6.09 Å². The maximum Gasteiger partial charge on any atom is 0.452 e. The summed E-state index contributed by atoms with van der Waals surface area (Å²) in [6.07, 6.45) is -0.783. The summed E-state index contributed by atoms with van der Waals surface area (Å²) in [7, 11) is 2.71. The number of benzene rings is 1. The SMILES string of the molecule is COC(=O)N=Nc1cccc(OC)c1Cl. The van der Waals surface area contributed by atoms with Crippen LogP contribution in [-0.4, -0.2) is 20.3 Å². The fourth-order valence-corrected chi connectivity index (χ4v) is 1.11. The van der Waals surface area contributed by atoms with Crippen molar-refractivity contribution in [2.24, 2.45) is 10.2 Å². The molecule has 0 aromatic heterocycles. The Labute approximate surface area is 91.7 Å². The van der Waals surface area contributed by atoms with Gasteiger partial charge in [0, 0.05) is 0 Å². The van der Waals surface area contributed by atoms with Gasteiger partial charge in [-0.3, -0.25) is 0 Å². The zero-order valence-corrected chi connectivity index (χ0v) is 8.99. The van der Waals surface area contributed by atoms with Gasteiger partial charge in [0.1, 0.15) is 16.5 Å². The van der Waals surface area contributed by atoms with Gasteiger partial charge >= 0.3 is 6.09 Å². The molecule has 0 radical (unpaired) electrons. The lowest BCUT2D eigenvalue weighted by Crippen LogP contribution is -1.89. The summed E-state index contributed by atoms with van der Waals surface area (Å²) in [5, 5.41) is 7.20. The molecule has 6 heteroatoms. The Bertz CT molecular complexity index is 393. The molecule has 1 aromatic carbocycles. The summed E-state index contributed by atoms with van der Waals surface area (Å²) in [4.78, 5) is 10.7. The maximum absolute atomic E-state index is 10.7. The smallest absolute Gasteiger partial charge is 0.452 e. The van der Waals surface area contributed by atoms with Gasteiger partial charge in [-0.2, -0.15) is 0 Å². The molecule has 80 valence electrons. The van der Waals surface area contributed by atoms with Crippen LogP contribution in [0, 0.1) is 0 Å². The van der Waals surface area contributed by atoms with E-state index in [9.17, 15) is 4.79 Å². The molecule has 0 aliphatic heterocycles. The van der Waals surface area contributed by atoms with Gasteiger partial charge in [0.25, 0.3) is 0 Å². The Balaban J connectivity index is 2.95. The van der Waals surface area contributed by atoms with Gasteiger partial charge in [0.15, 0.2) is 0 Å². The largest absolute Gasteiger partial charge is 0.495 e. The first-order valence-corrected chi connectivity index (χ1v) is 4.39. The van der Waals surface area contributed by atoms with E-state index in [2.05, 4.69) is 15.0 Å². The third kappa shape index (κ3) is 2.92. The van der Waals surface area contributed by atoms with Crippen molar-refractivity contribution in [2.75, 3.05) is 14.2 Å². The lowest BCUT2D eigenvalue weighted by Gasteiger charge is -2.03. The van der Waals surface area contributed by atoms with Gasteiger partial charge in [-0.25, -0.2) is 4.79 Å². The average Bonchev–Trinajstić information content (AvgIpc) is 2.27. The van der Waals surface area contributed by atoms with Crippen molar-refractivity contribution in [3.8, 4) is 5.75 Å². The molecule has 0 atom stereocenters. The summed E-state index contributed by atoms with van der Waals surface area (Å²) < 4.78 is 9.26. The molecule has 5 nitrogen and oxygen atoms in total. The van der Waals surface area contributed by atoms with E-state index in [0.717, 1.165) is 0 Å². The number of hydrogen-bond acceptors (Lipinski definition) is 4. The first kappa shape index (κ1) is 11.5. The zero-order valence-electron chi connectivity index (χ0n) is 8.23. The van der Waals surface area contributed by atoms with Gasteiger partial charge in [-0.1, -0.05) is 22.8 Å². The minimum Gasteiger partial charge on any atom is -0.495 e. The third-order valence-corrected chi connectivity index (χ3v) is 1.96. The van der Waals surface area contributed by atoms with Gasteiger partial charge in [0.2, 0.25) is 0 Å². The van der Waals surface area contributed by atoms with Gasteiger partial charge in [-0.15, -0.1) is 5.11 Å². The molecule has 0 N–H and O–H groups in total. The van der Waals surface area contributed by atoms with Crippen LogP contribution in [0.15, 0.2) is 28.4 Å². The Hall–Kier alpha value is -1.62. The summed E-state index contributed by atoms with van der Waals surface area (Å²) >= 11 is 5.90. The van der Waals surface area contributed by atoms with Crippen LogP contribution in [0.25, 0.3) is 0 Å². The molecule has 0 fully saturated rings. The quantitative estimate of drug-likeness (QED) is 0.731. The van der Waals surface area contributed by atoms with Crippen molar-refractivity contribution < 1.29 is 14.3 Å². The summed E-state index contributed by atoms with van der Waals surface area (Å²) in [5.41, 5.74) is 0.349. The van der Waals surface area contributed by atoms with Crippen LogP contribution in [0.1, 0.15) is 0 Å². The number of halogens is 1. The van der Waals surface area contributed by atoms with Crippen molar-refractivity contribution in [1.82, 2.24) is 0 Å². The predicted octanol–water partition coefficient (Wildman–Crippen LogP) is 3.20. The molecule has 0 saturated carbocycles. The third-order valence-electron chi connectivity index (χ3n) is 1.58. The predicted molar refractivity (Wildman–Crippen MR) is 54.9 cm³/mol. The molecule has 0 spiro atoms. The van der Waals surface area contributed by atoms with Crippen LogP contribution in [0.3, 0.4) is 0 Å². The van der Waals surface area contributed by atoms with Gasteiger partial charge in [-0.05, 0) is 12.1 Å². The lowest BCUT2D eigenvalue weighted by molar-refractivity contribution is 0.181. The number of methoxy groups -OCH3 is 2. The van der Waals surface area contributed by atoms with Crippen LogP contribution in [0.4, 0.5) is 10.5 Å². The molecule has 0 unspecified atom stereocenters. The van der Waals surface area contributed by atoms with Gasteiger partial charge in [0.05, 0.1) is 14.2 Å². The first-order valence-electron chi connectivity index (χ1n) is 4.01. The fraction of sp³-hybridized carbons (Fsp3) is 0.222. The number of nitrogens with zero attached hydrogens (tertiary/aromatic N) is 2. The Kier molecular flexibility index (Phi) is 4.05. The normalized spacial score (nSPS) is 10.3. The average molecular weight is 229 g/mol. The molecule has 0 heterocycles. The summed E-state index contributed by atoms with van der Waals surface area (Å²) in [6, 6.07) is 4.98. The van der Waals surface area contributed by atoms with E-state index in [0.29, 0.717) is 16.5 Å². The molecule has 1 aromatic rings. The van der Waals surface area contributed by atoms with Crippen molar-refractivity contribution in [2.45, 2.75) is 0 Å². The molecule has 0 aliphatic rings. The highest BCUT2D eigenvalue weighted by Gasteiger charge is 2.05. The number of azo groups is 1. The van der Waals surface area contributed by atoms with Crippen LogP contribution >= 0.6 is 11.6 Å². The second-order valence-electron chi connectivity index (χ2n) is 2.46. The number of hydrogen-bond donors (Lipinski definition) is 0. The Morgan fingerprint density at radius 1 is 1.40 bits per heavy atom. The topological polar surface area (TPSA) is 60.2 Å². The highest BCUT2D eigenvalue weighted by atomic mass is 35.5. The van der Waals surface area contributed by atoms with E-state index in [1.807, 2.05) is 0 Å². The second kappa shape index (κ2) is 5.31.